The average molecular weight is 289 g/mol. The summed E-state index contributed by atoms with van der Waals surface area (Å²) in [4.78, 5) is 0. The lowest BCUT2D eigenvalue weighted by atomic mass is 9.95. The molecule has 1 aliphatic rings. The number of nitrogens with one attached hydrogen (secondary N) is 1. The van der Waals surface area contributed by atoms with Gasteiger partial charge in [0.25, 0.3) is 0 Å². The minimum atomic E-state index is -4.66. The van der Waals surface area contributed by atoms with Gasteiger partial charge in [0.15, 0.2) is 0 Å². The molecule has 0 bridgehead atoms. The molecule has 1 N–H and O–H groups in total. The Hall–Kier alpha value is -1.43. The lowest BCUT2D eigenvalue weighted by Gasteiger charge is -2.22. The summed E-state index contributed by atoms with van der Waals surface area (Å²) >= 11 is 0. The molecule has 1 saturated heterocycles. The molecule has 1 aromatic carbocycles. The van der Waals surface area contributed by atoms with E-state index in [1.54, 1.807) is 0 Å². The van der Waals surface area contributed by atoms with Gasteiger partial charge in [-0.2, -0.15) is 0 Å². The number of hydrogen-bond donors (Lipinski definition) is 1. The monoisotopic (exact) mass is 289 g/mol. The standard InChI is InChI=1S/C14H18F3NO2/c15-14(16,17)20-13-3-1-12(2-4-13)19-10-7-11-5-8-18-9-6-11/h1-4,11,18H,5-10H2. The van der Waals surface area contributed by atoms with Crippen molar-refractivity contribution in [3.8, 4) is 11.5 Å². The number of ether oxygens (including phenoxy) is 2. The largest absolute Gasteiger partial charge is 0.573 e. The molecule has 0 aromatic heterocycles. The Morgan fingerprint density at radius 3 is 2.25 bits per heavy atom. The molecule has 1 heterocycles. The van der Waals surface area contributed by atoms with Gasteiger partial charge in [0.2, 0.25) is 0 Å². The van der Waals surface area contributed by atoms with Crippen LogP contribution in [0.4, 0.5) is 13.2 Å². The van der Waals surface area contributed by atoms with Crippen molar-refractivity contribution in [2.45, 2.75) is 25.6 Å². The fourth-order valence-corrected chi connectivity index (χ4v) is 2.25. The van der Waals surface area contributed by atoms with Crippen LogP contribution in [0, 0.1) is 5.92 Å². The van der Waals surface area contributed by atoms with Crippen molar-refractivity contribution in [3.63, 3.8) is 0 Å². The van der Waals surface area contributed by atoms with Crippen LogP contribution in [0.15, 0.2) is 24.3 Å². The van der Waals surface area contributed by atoms with Gasteiger partial charge in [0.1, 0.15) is 11.5 Å². The van der Waals surface area contributed by atoms with Gasteiger partial charge in [0.05, 0.1) is 6.61 Å². The molecule has 1 aliphatic heterocycles. The van der Waals surface area contributed by atoms with Crippen LogP contribution >= 0.6 is 0 Å². The number of rotatable bonds is 5. The van der Waals surface area contributed by atoms with Crippen LogP contribution in [-0.4, -0.2) is 26.1 Å². The smallest absolute Gasteiger partial charge is 0.494 e. The van der Waals surface area contributed by atoms with Crippen LogP contribution < -0.4 is 14.8 Å². The maximum absolute atomic E-state index is 12.0. The van der Waals surface area contributed by atoms with E-state index in [2.05, 4.69) is 10.1 Å². The highest BCUT2D eigenvalue weighted by Crippen LogP contribution is 2.25. The predicted octanol–water partition coefficient (Wildman–Crippen LogP) is 3.35. The van der Waals surface area contributed by atoms with Crippen molar-refractivity contribution >= 4 is 0 Å². The number of piperidine rings is 1. The van der Waals surface area contributed by atoms with Gasteiger partial charge < -0.3 is 14.8 Å². The molecule has 0 saturated carbocycles. The first-order chi connectivity index (χ1) is 9.53. The molecule has 0 unspecified atom stereocenters. The van der Waals surface area contributed by atoms with E-state index in [0.29, 0.717) is 18.3 Å². The lowest BCUT2D eigenvalue weighted by molar-refractivity contribution is -0.274. The first-order valence-electron chi connectivity index (χ1n) is 6.72. The van der Waals surface area contributed by atoms with Crippen LogP contribution in [0.1, 0.15) is 19.3 Å². The summed E-state index contributed by atoms with van der Waals surface area (Å²) in [5.74, 6) is 1.00. The van der Waals surface area contributed by atoms with Crippen LogP contribution in [-0.2, 0) is 0 Å². The zero-order valence-corrected chi connectivity index (χ0v) is 11.1. The fourth-order valence-electron chi connectivity index (χ4n) is 2.25. The Bertz CT molecular complexity index is 400. The molecule has 3 nitrogen and oxygen atoms in total. The summed E-state index contributed by atoms with van der Waals surface area (Å²) in [6.07, 6.45) is -1.37. The van der Waals surface area contributed by atoms with Crippen molar-refractivity contribution in [1.29, 1.82) is 0 Å². The predicted molar refractivity (Wildman–Crippen MR) is 68.8 cm³/mol. The first-order valence-corrected chi connectivity index (χ1v) is 6.72. The molecular formula is C14H18F3NO2. The molecule has 0 radical (unpaired) electrons. The second kappa shape index (κ2) is 6.83. The summed E-state index contributed by atoms with van der Waals surface area (Å²) < 4.78 is 45.3. The fraction of sp³-hybridized carbons (Fsp3) is 0.571. The van der Waals surface area contributed by atoms with E-state index in [4.69, 9.17) is 4.74 Å². The van der Waals surface area contributed by atoms with Crippen LogP contribution in [0.2, 0.25) is 0 Å². The SMILES string of the molecule is FC(F)(F)Oc1ccc(OCCC2CCNCC2)cc1. The lowest BCUT2D eigenvalue weighted by Crippen LogP contribution is -2.28. The number of hydrogen-bond acceptors (Lipinski definition) is 3. The second-order valence-electron chi connectivity index (χ2n) is 4.85. The van der Waals surface area contributed by atoms with Gasteiger partial charge in [0, 0.05) is 0 Å². The van der Waals surface area contributed by atoms with Crippen molar-refractivity contribution in [2.75, 3.05) is 19.7 Å². The third-order valence-corrected chi connectivity index (χ3v) is 3.31. The Morgan fingerprint density at radius 2 is 1.65 bits per heavy atom. The molecule has 0 amide bonds. The Morgan fingerprint density at radius 1 is 1.05 bits per heavy atom. The van der Waals surface area contributed by atoms with E-state index in [0.717, 1.165) is 32.4 Å². The third-order valence-electron chi connectivity index (χ3n) is 3.31. The summed E-state index contributed by atoms with van der Waals surface area (Å²) in [5.41, 5.74) is 0. The zero-order chi connectivity index (χ0) is 14.4. The second-order valence-corrected chi connectivity index (χ2v) is 4.85. The Labute approximate surface area is 116 Å². The highest BCUT2D eigenvalue weighted by molar-refractivity contribution is 5.31. The van der Waals surface area contributed by atoms with Gasteiger partial charge in [-0.15, -0.1) is 13.2 Å². The van der Waals surface area contributed by atoms with Crippen molar-refractivity contribution in [1.82, 2.24) is 5.32 Å². The average Bonchev–Trinajstić information content (AvgIpc) is 2.40. The third kappa shape index (κ3) is 5.28. The van der Waals surface area contributed by atoms with Crippen molar-refractivity contribution in [3.05, 3.63) is 24.3 Å². The number of halogens is 3. The quantitative estimate of drug-likeness (QED) is 0.901. The number of alkyl halides is 3. The Balaban J connectivity index is 1.73. The molecule has 0 atom stereocenters. The van der Waals surface area contributed by atoms with Gasteiger partial charge in [-0.25, -0.2) is 0 Å². The minimum Gasteiger partial charge on any atom is -0.494 e. The summed E-state index contributed by atoms with van der Waals surface area (Å²) in [5, 5.41) is 3.30. The molecule has 0 spiro atoms. The van der Waals surface area contributed by atoms with Crippen LogP contribution in [0.3, 0.4) is 0 Å². The molecule has 6 heteroatoms. The molecule has 0 aliphatic carbocycles. The summed E-state index contributed by atoms with van der Waals surface area (Å²) in [6.45, 7) is 2.69. The van der Waals surface area contributed by atoms with E-state index >= 15 is 0 Å². The summed E-state index contributed by atoms with van der Waals surface area (Å²) in [7, 11) is 0. The van der Waals surface area contributed by atoms with Crippen molar-refractivity contribution < 1.29 is 22.6 Å². The minimum absolute atomic E-state index is 0.233. The van der Waals surface area contributed by atoms with Gasteiger partial charge in [-0.05, 0) is 62.5 Å². The van der Waals surface area contributed by atoms with E-state index in [1.165, 1.54) is 24.3 Å². The number of benzene rings is 1. The summed E-state index contributed by atoms with van der Waals surface area (Å²) in [6, 6.07) is 5.49. The van der Waals surface area contributed by atoms with E-state index < -0.39 is 6.36 Å². The highest BCUT2D eigenvalue weighted by atomic mass is 19.4. The molecule has 1 aromatic rings. The molecule has 2 rings (SSSR count). The van der Waals surface area contributed by atoms with Crippen LogP contribution in [0.5, 0.6) is 11.5 Å². The van der Waals surface area contributed by atoms with Gasteiger partial charge >= 0.3 is 6.36 Å². The molecule has 1 fully saturated rings. The van der Waals surface area contributed by atoms with E-state index in [9.17, 15) is 13.2 Å². The molecular weight excluding hydrogens is 271 g/mol. The topological polar surface area (TPSA) is 30.5 Å². The molecule has 112 valence electrons. The van der Waals surface area contributed by atoms with E-state index in [1.807, 2.05) is 0 Å². The molecule has 20 heavy (non-hydrogen) atoms. The first kappa shape index (κ1) is 15.0. The van der Waals surface area contributed by atoms with E-state index in [-0.39, 0.29) is 5.75 Å². The Kier molecular flexibility index (Phi) is 5.11. The van der Waals surface area contributed by atoms with Crippen molar-refractivity contribution in [2.24, 2.45) is 5.92 Å². The van der Waals surface area contributed by atoms with Gasteiger partial charge in [-0.3, -0.25) is 0 Å². The maximum atomic E-state index is 12.0. The normalized spacial score (nSPS) is 16.9. The highest BCUT2D eigenvalue weighted by Gasteiger charge is 2.30. The zero-order valence-electron chi connectivity index (χ0n) is 11.1. The maximum Gasteiger partial charge on any atom is 0.573 e. The van der Waals surface area contributed by atoms with Gasteiger partial charge in [-0.1, -0.05) is 0 Å². The van der Waals surface area contributed by atoms with Crippen LogP contribution in [0.25, 0.3) is 0 Å².